The Morgan fingerprint density at radius 3 is 2.55 bits per heavy atom. The summed E-state index contributed by atoms with van der Waals surface area (Å²) in [6.07, 6.45) is 3.63. The molecule has 1 aromatic carbocycles. The van der Waals surface area contributed by atoms with Gasteiger partial charge in [0, 0.05) is 19.2 Å². The number of methoxy groups -OCH3 is 2. The van der Waals surface area contributed by atoms with E-state index in [1.807, 2.05) is 6.07 Å². The van der Waals surface area contributed by atoms with Crippen molar-refractivity contribution in [3.05, 3.63) is 35.3 Å². The first-order valence-corrected chi connectivity index (χ1v) is 8.98. The zero-order valence-electron chi connectivity index (χ0n) is 17.0. The minimum absolute atomic E-state index is 0.189. The summed E-state index contributed by atoms with van der Waals surface area (Å²) in [5, 5.41) is 25.8. The van der Waals surface area contributed by atoms with Crippen molar-refractivity contribution in [3.63, 3.8) is 0 Å². The largest absolute Gasteiger partial charge is 0.493 e. The maximum absolute atomic E-state index is 10.5. The molecule has 154 valence electrons. The minimum Gasteiger partial charge on any atom is -0.493 e. The molecule has 2 atom stereocenters. The van der Waals surface area contributed by atoms with Gasteiger partial charge in [-0.2, -0.15) is 0 Å². The Morgan fingerprint density at radius 1 is 1.21 bits per heavy atom. The molecule has 2 unspecified atom stereocenters. The molecule has 0 saturated carbocycles. The van der Waals surface area contributed by atoms with Crippen molar-refractivity contribution in [1.29, 1.82) is 0 Å². The van der Waals surface area contributed by atoms with E-state index in [4.69, 9.17) is 15.9 Å². The Hall–Kier alpha value is -3.17. The number of aromatic nitrogens is 2. The molecule has 2 rings (SSSR count). The van der Waals surface area contributed by atoms with Crippen LogP contribution in [0.25, 0.3) is 0 Å². The van der Waals surface area contributed by atoms with Gasteiger partial charge in [0.2, 0.25) is 0 Å². The quantitative estimate of drug-likeness (QED) is 0.386. The predicted octanol–water partition coefficient (Wildman–Crippen LogP) is 0.843. The monoisotopic (exact) mass is 398 g/mol. The van der Waals surface area contributed by atoms with E-state index < -0.39 is 12.3 Å². The van der Waals surface area contributed by atoms with E-state index in [0.717, 1.165) is 5.56 Å². The first kappa shape index (κ1) is 22.1. The molecule has 0 spiro atoms. The van der Waals surface area contributed by atoms with Gasteiger partial charge in [-0.25, -0.2) is 4.98 Å². The smallest absolute Gasteiger partial charge is 0.187 e. The lowest BCUT2D eigenvalue weighted by atomic mass is 10.2. The van der Waals surface area contributed by atoms with Crippen molar-refractivity contribution in [3.8, 4) is 35.7 Å². The summed E-state index contributed by atoms with van der Waals surface area (Å²) in [4.78, 5) is 4.46. The van der Waals surface area contributed by atoms with Crippen LogP contribution in [0.5, 0.6) is 11.5 Å². The number of ether oxygens (including phenoxy) is 2. The highest BCUT2D eigenvalue weighted by molar-refractivity contribution is 5.51. The van der Waals surface area contributed by atoms with Gasteiger partial charge in [-0.05, 0) is 31.0 Å². The number of aliphatic hydroxyl groups is 2. The molecule has 0 amide bonds. The number of anilines is 1. The van der Waals surface area contributed by atoms with Gasteiger partial charge in [0.05, 0.1) is 26.9 Å². The molecule has 29 heavy (non-hydrogen) atoms. The average molecular weight is 398 g/mol. The van der Waals surface area contributed by atoms with Crippen molar-refractivity contribution < 1.29 is 19.7 Å². The maximum Gasteiger partial charge on any atom is 0.187 e. The highest BCUT2D eigenvalue weighted by Gasteiger charge is 2.20. The molecule has 0 aliphatic rings. The van der Waals surface area contributed by atoms with Crippen molar-refractivity contribution in [2.24, 2.45) is 7.05 Å². The zero-order chi connectivity index (χ0) is 21.4. The van der Waals surface area contributed by atoms with Gasteiger partial charge >= 0.3 is 0 Å². The molecular formula is C21H26N4O4. The second-order valence-corrected chi connectivity index (χ2v) is 6.27. The molecule has 0 bridgehead atoms. The third-order valence-electron chi connectivity index (χ3n) is 4.06. The molecule has 0 fully saturated rings. The van der Waals surface area contributed by atoms with Gasteiger partial charge in [0.1, 0.15) is 5.69 Å². The number of imidazole rings is 1. The fraction of sp³-hybridized carbons (Fsp3) is 0.381. The summed E-state index contributed by atoms with van der Waals surface area (Å²) >= 11 is 0. The number of hydrogen-bond acceptors (Lipinski definition) is 7. The summed E-state index contributed by atoms with van der Waals surface area (Å²) < 4.78 is 12.2. The van der Waals surface area contributed by atoms with Crippen LogP contribution >= 0.6 is 0 Å². The second-order valence-electron chi connectivity index (χ2n) is 6.27. The van der Waals surface area contributed by atoms with E-state index in [-0.39, 0.29) is 13.1 Å². The van der Waals surface area contributed by atoms with Gasteiger partial charge in [-0.1, -0.05) is 11.8 Å². The second kappa shape index (κ2) is 10.4. The van der Waals surface area contributed by atoms with Crippen molar-refractivity contribution >= 4 is 5.82 Å². The zero-order valence-corrected chi connectivity index (χ0v) is 17.0. The topological polar surface area (TPSA) is 101 Å². The number of nitrogens with one attached hydrogen (secondary N) is 2. The van der Waals surface area contributed by atoms with E-state index >= 15 is 0 Å². The van der Waals surface area contributed by atoms with Crippen molar-refractivity contribution in [2.45, 2.75) is 19.3 Å². The Morgan fingerprint density at radius 2 is 1.93 bits per heavy atom. The van der Waals surface area contributed by atoms with Crippen LogP contribution in [0.4, 0.5) is 5.82 Å². The lowest BCUT2D eigenvalue weighted by Gasteiger charge is -2.15. The van der Waals surface area contributed by atoms with E-state index in [0.29, 0.717) is 28.8 Å². The van der Waals surface area contributed by atoms with Crippen LogP contribution in [0.3, 0.4) is 0 Å². The van der Waals surface area contributed by atoms with Crippen molar-refractivity contribution in [2.75, 3.05) is 32.6 Å². The molecule has 0 saturated heterocycles. The van der Waals surface area contributed by atoms with Crippen LogP contribution in [0, 0.1) is 24.2 Å². The van der Waals surface area contributed by atoms with Crippen LogP contribution in [0.15, 0.2) is 18.2 Å². The van der Waals surface area contributed by atoms with Gasteiger partial charge in [0.15, 0.2) is 29.4 Å². The first-order chi connectivity index (χ1) is 13.9. The fourth-order valence-corrected chi connectivity index (χ4v) is 2.60. The Balaban J connectivity index is 2.38. The van der Waals surface area contributed by atoms with Crippen LogP contribution in [0.1, 0.15) is 30.2 Å². The van der Waals surface area contributed by atoms with Gasteiger partial charge in [-0.3, -0.25) is 5.32 Å². The highest BCUT2D eigenvalue weighted by atomic mass is 16.5. The van der Waals surface area contributed by atoms with E-state index in [2.05, 4.69) is 33.4 Å². The van der Waals surface area contributed by atoms with E-state index in [9.17, 15) is 10.2 Å². The predicted molar refractivity (Wildman–Crippen MR) is 111 cm³/mol. The van der Waals surface area contributed by atoms with Crippen molar-refractivity contribution in [1.82, 2.24) is 14.9 Å². The van der Waals surface area contributed by atoms with E-state index in [1.165, 1.54) is 0 Å². The van der Waals surface area contributed by atoms with Crippen LogP contribution < -0.4 is 20.1 Å². The van der Waals surface area contributed by atoms with Gasteiger partial charge < -0.3 is 29.6 Å². The number of rotatable bonds is 8. The third kappa shape index (κ3) is 5.66. The van der Waals surface area contributed by atoms with E-state index in [1.54, 1.807) is 44.9 Å². The number of benzene rings is 1. The minimum atomic E-state index is -1.04. The lowest BCUT2D eigenvalue weighted by Crippen LogP contribution is -2.25. The summed E-state index contributed by atoms with van der Waals surface area (Å²) in [6.45, 7) is 2.11. The molecule has 1 heterocycles. The Labute approximate surface area is 170 Å². The number of aliphatic hydroxyl groups excluding tert-OH is 2. The molecule has 8 nitrogen and oxygen atoms in total. The van der Waals surface area contributed by atoms with Crippen LogP contribution in [0.2, 0.25) is 0 Å². The number of terminal acetylenes is 1. The van der Waals surface area contributed by atoms with Crippen LogP contribution in [-0.4, -0.2) is 53.2 Å². The average Bonchev–Trinajstić information content (AvgIpc) is 3.03. The maximum atomic E-state index is 10.5. The summed E-state index contributed by atoms with van der Waals surface area (Å²) in [5.74, 6) is 10.5. The molecule has 0 aliphatic carbocycles. The molecule has 4 N–H and O–H groups in total. The Bertz CT molecular complexity index is 935. The molecular weight excluding hydrogens is 372 g/mol. The summed E-state index contributed by atoms with van der Waals surface area (Å²) in [7, 11) is 4.87. The molecule has 1 aromatic heterocycles. The van der Waals surface area contributed by atoms with Gasteiger partial charge in [-0.15, -0.1) is 6.42 Å². The lowest BCUT2D eigenvalue weighted by molar-refractivity contribution is 0.137. The SMILES string of the molecule is C#CCNC(O)c1c(NCC(C)O)nc(C#Cc2ccc(OC)c(OC)c2)n1C. The number of hydrogen-bond donors (Lipinski definition) is 4. The Kier molecular flexibility index (Phi) is 7.93. The summed E-state index contributed by atoms with van der Waals surface area (Å²) in [5.41, 5.74) is 1.19. The van der Waals surface area contributed by atoms with Crippen LogP contribution in [-0.2, 0) is 7.05 Å². The summed E-state index contributed by atoms with van der Waals surface area (Å²) in [6, 6.07) is 5.36. The molecule has 8 heteroatoms. The highest BCUT2D eigenvalue weighted by Crippen LogP contribution is 2.27. The molecule has 2 aromatic rings. The number of nitrogens with zero attached hydrogens (tertiary/aromatic N) is 2. The normalized spacial score (nSPS) is 12.3. The standard InChI is InChI=1S/C21H26N4O4/c1-6-11-22-21(27)19-20(23-13-14(2)26)24-18(25(19)3)10-8-15-7-9-16(28-4)17(12-15)29-5/h1,7,9,12,14,21-23,26-27H,11,13H2,2-5H3. The first-order valence-electron chi connectivity index (χ1n) is 8.98. The fourth-order valence-electron chi connectivity index (χ4n) is 2.60. The van der Waals surface area contributed by atoms with Gasteiger partial charge in [0.25, 0.3) is 0 Å². The molecule has 0 aliphatic heterocycles. The third-order valence-corrected chi connectivity index (χ3v) is 4.06. The molecule has 0 radical (unpaired) electrons.